The normalized spacial score (nSPS) is 17.0. The molecule has 0 aliphatic carbocycles. The van der Waals surface area contributed by atoms with Gasteiger partial charge in [0.25, 0.3) is 0 Å². The van der Waals surface area contributed by atoms with Crippen LogP contribution in [0, 0.1) is 0 Å². The summed E-state index contributed by atoms with van der Waals surface area (Å²) >= 11 is 0. The molecule has 24 heavy (non-hydrogen) atoms. The lowest BCUT2D eigenvalue weighted by molar-refractivity contribution is -0.141. The van der Waals surface area contributed by atoms with Crippen LogP contribution >= 0.6 is 0 Å². The quantitative estimate of drug-likeness (QED) is 0.878. The van der Waals surface area contributed by atoms with Crippen molar-refractivity contribution in [3.05, 3.63) is 18.0 Å². The lowest BCUT2D eigenvalue weighted by atomic mass is 10.1. The first-order valence-corrected chi connectivity index (χ1v) is 8.02. The van der Waals surface area contributed by atoms with Crippen molar-refractivity contribution in [2.75, 3.05) is 31.1 Å². The Hall–Kier alpha value is -1.90. The number of halogens is 3. The summed E-state index contributed by atoms with van der Waals surface area (Å²) < 4.78 is 38.2. The largest absolute Gasteiger partial charge is 0.433 e. The van der Waals surface area contributed by atoms with Gasteiger partial charge in [0.1, 0.15) is 5.69 Å². The number of hydrogen-bond donors (Lipinski definition) is 1. The van der Waals surface area contributed by atoms with Gasteiger partial charge in [0.15, 0.2) is 0 Å². The molecule has 1 aliphatic rings. The molecule has 6 nitrogen and oxygen atoms in total. The summed E-state index contributed by atoms with van der Waals surface area (Å²) in [5, 5.41) is 0. The molecular formula is C15H22F3N5O. The molecule has 1 atom stereocenters. The van der Waals surface area contributed by atoms with Crippen molar-refractivity contribution in [3.63, 3.8) is 0 Å². The van der Waals surface area contributed by atoms with Crippen molar-refractivity contribution < 1.29 is 18.0 Å². The van der Waals surface area contributed by atoms with Gasteiger partial charge in [-0.25, -0.2) is 9.97 Å². The molecule has 1 amide bonds. The number of anilines is 1. The molecule has 1 fully saturated rings. The maximum Gasteiger partial charge on any atom is 0.433 e. The summed E-state index contributed by atoms with van der Waals surface area (Å²) in [6.07, 6.45) is -0.885. The van der Waals surface area contributed by atoms with Crippen molar-refractivity contribution >= 4 is 11.9 Å². The van der Waals surface area contributed by atoms with Crippen molar-refractivity contribution in [2.45, 2.75) is 38.4 Å². The average molecular weight is 345 g/mol. The molecule has 0 bridgehead atoms. The van der Waals surface area contributed by atoms with Crippen LogP contribution in [0.5, 0.6) is 0 Å². The Balaban J connectivity index is 1.94. The van der Waals surface area contributed by atoms with Gasteiger partial charge in [-0.2, -0.15) is 13.2 Å². The van der Waals surface area contributed by atoms with E-state index in [0.29, 0.717) is 32.6 Å². The lowest BCUT2D eigenvalue weighted by Crippen LogP contribution is -2.53. The van der Waals surface area contributed by atoms with Gasteiger partial charge in [0.05, 0.1) is 6.04 Å². The third-order valence-corrected chi connectivity index (χ3v) is 3.99. The van der Waals surface area contributed by atoms with E-state index in [9.17, 15) is 18.0 Å². The fourth-order valence-corrected chi connectivity index (χ4v) is 2.57. The van der Waals surface area contributed by atoms with Gasteiger partial charge in [-0.05, 0) is 12.5 Å². The molecular weight excluding hydrogens is 323 g/mol. The molecule has 1 unspecified atom stereocenters. The van der Waals surface area contributed by atoms with E-state index < -0.39 is 17.9 Å². The van der Waals surface area contributed by atoms with E-state index >= 15 is 0 Å². The van der Waals surface area contributed by atoms with Gasteiger partial charge in [-0.3, -0.25) is 4.79 Å². The van der Waals surface area contributed by atoms with Crippen molar-refractivity contribution in [1.29, 1.82) is 0 Å². The monoisotopic (exact) mass is 345 g/mol. The highest BCUT2D eigenvalue weighted by Crippen LogP contribution is 2.28. The number of alkyl halides is 3. The third-order valence-electron chi connectivity index (χ3n) is 3.99. The van der Waals surface area contributed by atoms with E-state index in [4.69, 9.17) is 5.73 Å². The molecule has 1 aromatic rings. The van der Waals surface area contributed by atoms with Crippen molar-refractivity contribution in [1.82, 2.24) is 14.9 Å². The van der Waals surface area contributed by atoms with Gasteiger partial charge < -0.3 is 15.5 Å². The van der Waals surface area contributed by atoms with Crippen LogP contribution in [0.4, 0.5) is 19.1 Å². The van der Waals surface area contributed by atoms with E-state index in [-0.39, 0.29) is 11.9 Å². The molecule has 2 N–H and O–H groups in total. The molecule has 134 valence electrons. The Morgan fingerprint density at radius 1 is 1.33 bits per heavy atom. The van der Waals surface area contributed by atoms with Gasteiger partial charge in [-0.1, -0.05) is 19.8 Å². The maximum atomic E-state index is 12.7. The van der Waals surface area contributed by atoms with E-state index in [2.05, 4.69) is 9.97 Å². The number of unbranched alkanes of at least 4 members (excludes halogenated alkanes) is 1. The first-order chi connectivity index (χ1) is 11.3. The molecule has 1 aliphatic heterocycles. The predicted octanol–water partition coefficient (Wildman–Crippen LogP) is 1.66. The fourth-order valence-electron chi connectivity index (χ4n) is 2.57. The molecule has 0 saturated carbocycles. The fraction of sp³-hybridized carbons (Fsp3) is 0.667. The Labute approximate surface area is 138 Å². The minimum atomic E-state index is -4.50. The minimum Gasteiger partial charge on any atom is -0.338 e. The lowest BCUT2D eigenvalue weighted by Gasteiger charge is -2.36. The van der Waals surface area contributed by atoms with Crippen LogP contribution in [-0.4, -0.2) is 53.0 Å². The zero-order valence-corrected chi connectivity index (χ0v) is 13.6. The van der Waals surface area contributed by atoms with Crippen LogP contribution in [0.15, 0.2) is 12.3 Å². The Morgan fingerprint density at radius 3 is 2.58 bits per heavy atom. The molecule has 1 saturated heterocycles. The van der Waals surface area contributed by atoms with E-state index in [1.807, 2.05) is 6.92 Å². The molecule has 1 aromatic heterocycles. The number of carbonyl (C=O) groups excluding carboxylic acids is 1. The molecule has 0 radical (unpaired) electrons. The summed E-state index contributed by atoms with van der Waals surface area (Å²) in [5.41, 5.74) is 4.93. The smallest absolute Gasteiger partial charge is 0.338 e. The average Bonchev–Trinajstić information content (AvgIpc) is 2.58. The van der Waals surface area contributed by atoms with E-state index in [0.717, 1.165) is 25.1 Å². The highest BCUT2D eigenvalue weighted by molar-refractivity contribution is 5.81. The molecule has 2 rings (SSSR count). The van der Waals surface area contributed by atoms with Gasteiger partial charge >= 0.3 is 6.18 Å². The Morgan fingerprint density at radius 2 is 2.00 bits per heavy atom. The van der Waals surface area contributed by atoms with Gasteiger partial charge in [-0.15, -0.1) is 0 Å². The molecule has 0 spiro atoms. The zero-order valence-electron chi connectivity index (χ0n) is 13.6. The number of nitrogens with zero attached hydrogens (tertiary/aromatic N) is 4. The second kappa shape index (κ2) is 7.78. The number of piperazine rings is 1. The molecule has 9 heteroatoms. The maximum absolute atomic E-state index is 12.7. The minimum absolute atomic E-state index is 0.0344. The molecule has 2 heterocycles. The van der Waals surface area contributed by atoms with Gasteiger partial charge in [0.2, 0.25) is 11.9 Å². The Kier molecular flexibility index (Phi) is 5.98. The van der Waals surface area contributed by atoms with Crippen LogP contribution in [-0.2, 0) is 11.0 Å². The number of rotatable bonds is 5. The first-order valence-electron chi connectivity index (χ1n) is 8.02. The SMILES string of the molecule is CCCCC(N)C(=O)N1CCN(c2nccc(C(F)(F)F)n2)CC1. The van der Waals surface area contributed by atoms with Crippen LogP contribution in [0.25, 0.3) is 0 Å². The number of nitrogens with two attached hydrogens (primary N) is 1. The standard InChI is InChI=1S/C15H22F3N5O/c1-2-3-4-11(19)13(24)22-7-9-23(10-8-22)14-20-6-5-12(21-14)15(16,17)18/h5-6,11H,2-4,7-10,19H2,1H3. The predicted molar refractivity (Wildman–Crippen MR) is 83.3 cm³/mol. The molecule has 0 aromatic carbocycles. The van der Waals surface area contributed by atoms with E-state index in [1.165, 1.54) is 0 Å². The number of carbonyl (C=O) groups is 1. The Bertz CT molecular complexity index is 558. The first kappa shape index (κ1) is 18.4. The topological polar surface area (TPSA) is 75.4 Å². The summed E-state index contributed by atoms with van der Waals surface area (Å²) in [7, 11) is 0. The number of aromatic nitrogens is 2. The van der Waals surface area contributed by atoms with Gasteiger partial charge in [0, 0.05) is 32.4 Å². The second-order valence-corrected chi connectivity index (χ2v) is 5.80. The van der Waals surface area contributed by atoms with Crippen molar-refractivity contribution in [3.8, 4) is 0 Å². The van der Waals surface area contributed by atoms with Crippen LogP contribution in [0.2, 0.25) is 0 Å². The summed E-state index contributed by atoms with van der Waals surface area (Å²) in [5.74, 6) is -0.0692. The van der Waals surface area contributed by atoms with Crippen molar-refractivity contribution in [2.24, 2.45) is 5.73 Å². The van der Waals surface area contributed by atoms with Crippen LogP contribution in [0.1, 0.15) is 31.9 Å². The summed E-state index contributed by atoms with van der Waals surface area (Å²) in [6.45, 7) is 3.60. The second-order valence-electron chi connectivity index (χ2n) is 5.80. The third kappa shape index (κ3) is 4.56. The summed E-state index contributed by atoms with van der Waals surface area (Å²) in [4.78, 5) is 23.0. The van der Waals surface area contributed by atoms with E-state index in [1.54, 1.807) is 9.80 Å². The highest BCUT2D eigenvalue weighted by atomic mass is 19.4. The number of amides is 1. The summed E-state index contributed by atoms with van der Waals surface area (Å²) in [6, 6.07) is 0.331. The number of hydrogen-bond acceptors (Lipinski definition) is 5. The highest BCUT2D eigenvalue weighted by Gasteiger charge is 2.34. The van der Waals surface area contributed by atoms with Crippen LogP contribution in [0.3, 0.4) is 0 Å². The zero-order chi connectivity index (χ0) is 17.7. The van der Waals surface area contributed by atoms with Crippen LogP contribution < -0.4 is 10.6 Å².